The lowest BCUT2D eigenvalue weighted by atomic mass is 10.1. The predicted molar refractivity (Wildman–Crippen MR) is 99.7 cm³/mol. The topological polar surface area (TPSA) is 65.7 Å². The van der Waals surface area contributed by atoms with Gasteiger partial charge in [-0.3, -0.25) is 9.59 Å². The molecule has 134 valence electrons. The van der Waals surface area contributed by atoms with Gasteiger partial charge in [0.05, 0.1) is 18.4 Å². The van der Waals surface area contributed by atoms with Crippen LogP contribution in [0, 0.1) is 12.8 Å². The summed E-state index contributed by atoms with van der Waals surface area (Å²) in [5, 5.41) is 0.383. The molecule has 0 amide bonds. The number of hydrogen-bond acceptors (Lipinski definition) is 5. The van der Waals surface area contributed by atoms with Crippen LogP contribution in [0.5, 0.6) is 11.5 Å². The molecule has 0 N–H and O–H groups in total. The third kappa shape index (κ3) is 3.33. The Hall–Kier alpha value is -3.08. The summed E-state index contributed by atoms with van der Waals surface area (Å²) in [6, 6.07) is 12.3. The molecular weight excluding hydrogens is 332 g/mol. The predicted octanol–water partition coefficient (Wildman–Crippen LogP) is 4.34. The van der Waals surface area contributed by atoms with Crippen LogP contribution in [0.1, 0.15) is 19.4 Å². The van der Waals surface area contributed by atoms with Gasteiger partial charge in [0, 0.05) is 5.56 Å². The maximum absolute atomic E-state index is 13.0. The maximum atomic E-state index is 13.0. The molecule has 3 aromatic rings. The highest BCUT2D eigenvalue weighted by atomic mass is 16.5. The second-order valence-corrected chi connectivity index (χ2v) is 6.39. The van der Waals surface area contributed by atoms with E-state index in [1.807, 2.05) is 13.0 Å². The first-order valence-corrected chi connectivity index (χ1v) is 8.34. The number of carbonyl (C=O) groups is 1. The van der Waals surface area contributed by atoms with Crippen LogP contribution in [0.15, 0.2) is 51.7 Å². The molecule has 0 atom stereocenters. The normalized spacial score (nSPS) is 11.0. The van der Waals surface area contributed by atoms with Gasteiger partial charge in [-0.2, -0.15) is 0 Å². The van der Waals surface area contributed by atoms with Crippen LogP contribution in [-0.2, 0) is 4.79 Å². The van der Waals surface area contributed by atoms with Gasteiger partial charge in [-0.1, -0.05) is 25.5 Å². The summed E-state index contributed by atoms with van der Waals surface area (Å²) in [5.41, 5.74) is 1.62. The van der Waals surface area contributed by atoms with Crippen molar-refractivity contribution in [3.8, 4) is 22.8 Å². The summed E-state index contributed by atoms with van der Waals surface area (Å²) in [4.78, 5) is 25.1. The van der Waals surface area contributed by atoms with Crippen molar-refractivity contribution in [2.24, 2.45) is 5.92 Å². The number of fused-ring (bicyclic) bond motifs is 1. The van der Waals surface area contributed by atoms with E-state index in [1.165, 1.54) is 0 Å². The molecule has 0 aliphatic rings. The van der Waals surface area contributed by atoms with Gasteiger partial charge in [-0.15, -0.1) is 0 Å². The van der Waals surface area contributed by atoms with Crippen molar-refractivity contribution in [1.82, 2.24) is 0 Å². The number of esters is 1. The van der Waals surface area contributed by atoms with Gasteiger partial charge in [-0.25, -0.2) is 0 Å². The van der Waals surface area contributed by atoms with Crippen LogP contribution in [0.4, 0.5) is 0 Å². The van der Waals surface area contributed by atoms with Crippen molar-refractivity contribution in [1.29, 1.82) is 0 Å². The molecule has 0 aliphatic heterocycles. The highest BCUT2D eigenvalue weighted by molar-refractivity contribution is 5.85. The summed E-state index contributed by atoms with van der Waals surface area (Å²) in [7, 11) is 1.57. The monoisotopic (exact) mass is 352 g/mol. The van der Waals surface area contributed by atoms with E-state index >= 15 is 0 Å². The van der Waals surface area contributed by atoms with Gasteiger partial charge in [-0.05, 0) is 43.3 Å². The molecule has 0 unspecified atom stereocenters. The number of ether oxygens (including phenoxy) is 2. The summed E-state index contributed by atoms with van der Waals surface area (Å²) in [6.07, 6.45) is 0. The van der Waals surface area contributed by atoms with Crippen molar-refractivity contribution in [3.63, 3.8) is 0 Å². The number of aryl methyl sites for hydroxylation is 1. The number of methoxy groups -OCH3 is 1. The lowest BCUT2D eigenvalue weighted by Gasteiger charge is -2.12. The Morgan fingerprint density at radius 1 is 1.08 bits per heavy atom. The summed E-state index contributed by atoms with van der Waals surface area (Å²) >= 11 is 0. The van der Waals surface area contributed by atoms with Crippen molar-refractivity contribution < 1.29 is 18.7 Å². The molecule has 5 nitrogen and oxygen atoms in total. The average molecular weight is 352 g/mol. The third-order valence-corrected chi connectivity index (χ3v) is 4.03. The number of hydrogen-bond donors (Lipinski definition) is 0. The number of carbonyl (C=O) groups excluding carboxylic acids is 1. The van der Waals surface area contributed by atoms with Crippen LogP contribution in [-0.4, -0.2) is 13.1 Å². The lowest BCUT2D eigenvalue weighted by Crippen LogP contribution is -2.20. The van der Waals surface area contributed by atoms with Gasteiger partial charge < -0.3 is 13.9 Å². The third-order valence-electron chi connectivity index (χ3n) is 4.03. The van der Waals surface area contributed by atoms with Gasteiger partial charge in [0.1, 0.15) is 11.3 Å². The van der Waals surface area contributed by atoms with Gasteiger partial charge >= 0.3 is 5.97 Å². The van der Waals surface area contributed by atoms with Gasteiger partial charge in [0.25, 0.3) is 0 Å². The first-order valence-electron chi connectivity index (χ1n) is 8.34. The number of benzene rings is 2. The molecule has 0 aliphatic carbocycles. The molecule has 0 bridgehead atoms. The second kappa shape index (κ2) is 7.04. The largest absolute Gasteiger partial charge is 0.497 e. The standard InChI is InChI=1S/C21H20O5/c1-12(2)21(23)26-20-18(22)16-11-13(3)5-10-17(16)25-19(20)14-6-8-15(24-4)9-7-14/h5-12H,1-4H3. The highest BCUT2D eigenvalue weighted by Gasteiger charge is 2.22. The van der Waals surface area contributed by atoms with E-state index in [-0.39, 0.29) is 22.9 Å². The Morgan fingerprint density at radius 2 is 1.77 bits per heavy atom. The van der Waals surface area contributed by atoms with Crippen molar-refractivity contribution >= 4 is 16.9 Å². The zero-order valence-electron chi connectivity index (χ0n) is 15.2. The minimum Gasteiger partial charge on any atom is -0.497 e. The van der Waals surface area contributed by atoms with E-state index in [1.54, 1.807) is 57.4 Å². The Bertz CT molecular complexity index is 1010. The van der Waals surface area contributed by atoms with Crippen molar-refractivity contribution in [3.05, 3.63) is 58.3 Å². The molecule has 0 saturated heterocycles. The summed E-state index contributed by atoms with van der Waals surface area (Å²) in [5.74, 6) is -0.0476. The fourth-order valence-corrected chi connectivity index (χ4v) is 2.54. The van der Waals surface area contributed by atoms with Crippen LogP contribution < -0.4 is 14.9 Å². The zero-order valence-corrected chi connectivity index (χ0v) is 15.2. The maximum Gasteiger partial charge on any atom is 0.314 e. The Kier molecular flexibility index (Phi) is 4.80. The molecule has 3 rings (SSSR count). The summed E-state index contributed by atoms with van der Waals surface area (Å²) in [6.45, 7) is 5.31. The smallest absolute Gasteiger partial charge is 0.314 e. The van der Waals surface area contributed by atoms with Crippen molar-refractivity contribution in [2.75, 3.05) is 7.11 Å². The molecule has 26 heavy (non-hydrogen) atoms. The molecule has 0 radical (unpaired) electrons. The van der Waals surface area contributed by atoms with E-state index in [2.05, 4.69) is 0 Å². The molecule has 1 heterocycles. The van der Waals surface area contributed by atoms with E-state index in [4.69, 9.17) is 13.9 Å². The minimum atomic E-state index is -0.487. The Labute approximate surface area is 151 Å². The van der Waals surface area contributed by atoms with E-state index < -0.39 is 5.97 Å². The highest BCUT2D eigenvalue weighted by Crippen LogP contribution is 2.32. The minimum absolute atomic E-state index is 0.0908. The molecular formula is C21H20O5. The summed E-state index contributed by atoms with van der Waals surface area (Å²) < 4.78 is 16.5. The lowest BCUT2D eigenvalue weighted by molar-refractivity contribution is -0.137. The number of rotatable bonds is 4. The molecule has 0 fully saturated rings. The molecule has 0 saturated carbocycles. The molecule has 2 aromatic carbocycles. The van der Waals surface area contributed by atoms with Crippen LogP contribution >= 0.6 is 0 Å². The Morgan fingerprint density at radius 3 is 2.38 bits per heavy atom. The van der Waals surface area contributed by atoms with Crippen LogP contribution in [0.2, 0.25) is 0 Å². The Balaban J connectivity index is 2.25. The van der Waals surface area contributed by atoms with E-state index in [9.17, 15) is 9.59 Å². The second-order valence-electron chi connectivity index (χ2n) is 6.39. The van der Waals surface area contributed by atoms with Gasteiger partial charge in [0.2, 0.25) is 11.2 Å². The van der Waals surface area contributed by atoms with Crippen LogP contribution in [0.3, 0.4) is 0 Å². The quantitative estimate of drug-likeness (QED) is 0.654. The fourth-order valence-electron chi connectivity index (χ4n) is 2.54. The molecule has 0 spiro atoms. The van der Waals surface area contributed by atoms with Crippen molar-refractivity contribution in [2.45, 2.75) is 20.8 Å². The SMILES string of the molecule is COc1ccc(-c2oc3ccc(C)cc3c(=O)c2OC(=O)C(C)C)cc1. The molecule has 1 aromatic heterocycles. The molecule has 5 heteroatoms. The first kappa shape index (κ1) is 17.7. The fraction of sp³-hybridized carbons (Fsp3) is 0.238. The van der Waals surface area contributed by atoms with E-state index in [0.29, 0.717) is 22.3 Å². The zero-order chi connectivity index (χ0) is 18.8. The average Bonchev–Trinajstić information content (AvgIpc) is 2.64. The van der Waals surface area contributed by atoms with Crippen LogP contribution in [0.25, 0.3) is 22.3 Å². The first-order chi connectivity index (χ1) is 12.4. The van der Waals surface area contributed by atoms with E-state index in [0.717, 1.165) is 5.56 Å². The van der Waals surface area contributed by atoms with Gasteiger partial charge in [0.15, 0.2) is 5.76 Å².